The number of rotatable bonds is 1. The Morgan fingerprint density at radius 1 is 1.50 bits per heavy atom. The molecule has 0 aliphatic heterocycles. The molecule has 52 valence electrons. The van der Waals surface area contributed by atoms with E-state index in [9.17, 15) is 4.79 Å². The highest BCUT2D eigenvalue weighted by Gasteiger charge is 1.95. The third-order valence-electron chi connectivity index (χ3n) is 1.18. The summed E-state index contributed by atoms with van der Waals surface area (Å²) in [4.78, 5) is 10.3. The molecule has 1 unspecified atom stereocenters. The van der Waals surface area contributed by atoms with Gasteiger partial charge in [0.1, 0.15) is 0 Å². The fourth-order valence-corrected chi connectivity index (χ4v) is 1.28. The maximum absolute atomic E-state index is 10.3. The van der Waals surface area contributed by atoms with Gasteiger partial charge in [-0.15, -0.1) is 9.24 Å². The Morgan fingerprint density at radius 3 is 2.70 bits per heavy atom. The highest BCUT2D eigenvalue weighted by atomic mass is 35.5. The fraction of sp³-hybridized carbons (Fsp3) is 0. The second kappa shape index (κ2) is 3.14. The minimum atomic E-state index is 0.649. The number of benzene rings is 1. The van der Waals surface area contributed by atoms with Gasteiger partial charge in [-0.1, -0.05) is 11.6 Å². The molecular formula is C7H6ClOP. The third kappa shape index (κ3) is 1.56. The van der Waals surface area contributed by atoms with Gasteiger partial charge in [-0.05, 0) is 23.5 Å². The van der Waals surface area contributed by atoms with Gasteiger partial charge in [0.05, 0.1) is 0 Å². The average molecular weight is 173 g/mol. The molecule has 1 aromatic rings. The molecule has 0 saturated carbocycles. The lowest BCUT2D eigenvalue weighted by atomic mass is 10.2. The van der Waals surface area contributed by atoms with E-state index in [0.29, 0.717) is 10.6 Å². The van der Waals surface area contributed by atoms with E-state index in [-0.39, 0.29) is 0 Å². The fourth-order valence-electron chi connectivity index (χ4n) is 0.653. The summed E-state index contributed by atoms with van der Waals surface area (Å²) in [5.41, 5.74) is 0.661. The van der Waals surface area contributed by atoms with Crippen molar-refractivity contribution >= 4 is 32.4 Å². The Hall–Kier alpha value is -0.390. The summed E-state index contributed by atoms with van der Waals surface area (Å²) in [6, 6.07) is 5.12. The second-order valence-corrected chi connectivity index (χ2v) is 2.95. The molecular weight excluding hydrogens is 167 g/mol. The standard InChI is InChI=1S/C7H6ClOP/c8-6-2-1-5(4-9)7(10)3-6/h1-4H,10H2. The lowest BCUT2D eigenvalue weighted by Crippen LogP contribution is -1.98. The Kier molecular flexibility index (Phi) is 2.42. The van der Waals surface area contributed by atoms with Crippen LogP contribution in [-0.4, -0.2) is 6.29 Å². The van der Waals surface area contributed by atoms with Gasteiger partial charge in [0.2, 0.25) is 0 Å². The van der Waals surface area contributed by atoms with Gasteiger partial charge in [-0.3, -0.25) is 4.79 Å². The monoisotopic (exact) mass is 172 g/mol. The van der Waals surface area contributed by atoms with E-state index in [1.54, 1.807) is 18.2 Å². The molecule has 0 radical (unpaired) electrons. The lowest BCUT2D eigenvalue weighted by molar-refractivity contribution is 0.112. The van der Waals surface area contributed by atoms with Crippen LogP contribution in [0.3, 0.4) is 0 Å². The molecule has 0 bridgehead atoms. The number of halogens is 1. The summed E-state index contributed by atoms with van der Waals surface area (Å²) in [5, 5.41) is 1.48. The van der Waals surface area contributed by atoms with Gasteiger partial charge in [0.15, 0.2) is 6.29 Å². The van der Waals surface area contributed by atoms with Gasteiger partial charge in [-0.2, -0.15) is 0 Å². The molecule has 0 saturated heterocycles. The van der Waals surface area contributed by atoms with Crippen molar-refractivity contribution in [2.24, 2.45) is 0 Å². The summed E-state index contributed by atoms with van der Waals surface area (Å²) >= 11 is 5.64. The van der Waals surface area contributed by atoms with Crippen molar-refractivity contribution in [3.8, 4) is 0 Å². The van der Waals surface area contributed by atoms with Gasteiger partial charge in [0.25, 0.3) is 0 Å². The molecule has 0 heterocycles. The smallest absolute Gasteiger partial charge is 0.150 e. The van der Waals surface area contributed by atoms with Crippen LogP contribution in [0, 0.1) is 0 Å². The molecule has 1 rings (SSSR count). The Labute approximate surface area is 66.6 Å². The molecule has 0 spiro atoms. The first-order valence-electron chi connectivity index (χ1n) is 2.74. The van der Waals surface area contributed by atoms with Gasteiger partial charge in [0, 0.05) is 10.6 Å². The van der Waals surface area contributed by atoms with Crippen LogP contribution in [0.25, 0.3) is 0 Å². The summed E-state index contributed by atoms with van der Waals surface area (Å²) in [6.07, 6.45) is 0.804. The van der Waals surface area contributed by atoms with Crippen LogP contribution in [0.15, 0.2) is 18.2 Å². The van der Waals surface area contributed by atoms with Crippen molar-refractivity contribution in [3.05, 3.63) is 28.8 Å². The molecule has 3 heteroatoms. The van der Waals surface area contributed by atoms with Crippen molar-refractivity contribution in [3.63, 3.8) is 0 Å². The zero-order valence-corrected chi connectivity index (χ0v) is 7.08. The van der Waals surface area contributed by atoms with Gasteiger partial charge >= 0.3 is 0 Å². The predicted molar refractivity (Wildman–Crippen MR) is 46.2 cm³/mol. The van der Waals surface area contributed by atoms with E-state index in [2.05, 4.69) is 9.24 Å². The summed E-state index contributed by atoms with van der Waals surface area (Å²) in [7, 11) is 2.45. The highest BCUT2D eigenvalue weighted by molar-refractivity contribution is 7.27. The molecule has 0 amide bonds. The van der Waals surface area contributed by atoms with E-state index in [1.807, 2.05) is 0 Å². The molecule has 10 heavy (non-hydrogen) atoms. The Bertz CT molecular complexity index is 260. The molecule has 1 aromatic carbocycles. The third-order valence-corrected chi connectivity index (χ3v) is 1.91. The molecule has 0 aromatic heterocycles. The van der Waals surface area contributed by atoms with Crippen LogP contribution < -0.4 is 5.30 Å². The summed E-state index contributed by atoms with van der Waals surface area (Å²) in [6.45, 7) is 0. The van der Waals surface area contributed by atoms with E-state index >= 15 is 0 Å². The zero-order chi connectivity index (χ0) is 7.56. The van der Waals surface area contributed by atoms with E-state index in [4.69, 9.17) is 11.6 Å². The van der Waals surface area contributed by atoms with Gasteiger partial charge < -0.3 is 0 Å². The summed E-state index contributed by atoms with van der Waals surface area (Å²) < 4.78 is 0. The number of carbonyl (C=O) groups is 1. The van der Waals surface area contributed by atoms with Crippen molar-refractivity contribution in [1.29, 1.82) is 0 Å². The number of hydrogen-bond donors (Lipinski definition) is 0. The first kappa shape index (κ1) is 7.71. The van der Waals surface area contributed by atoms with Crippen molar-refractivity contribution in [2.75, 3.05) is 0 Å². The lowest BCUT2D eigenvalue weighted by Gasteiger charge is -1.95. The minimum absolute atomic E-state index is 0.649. The van der Waals surface area contributed by atoms with E-state index < -0.39 is 0 Å². The molecule has 1 atom stereocenters. The van der Waals surface area contributed by atoms with Crippen LogP contribution in [0.1, 0.15) is 10.4 Å². The Balaban J connectivity index is 3.19. The molecule has 0 fully saturated rings. The van der Waals surface area contributed by atoms with Crippen molar-refractivity contribution in [1.82, 2.24) is 0 Å². The topological polar surface area (TPSA) is 17.1 Å². The van der Waals surface area contributed by atoms with Crippen LogP contribution in [0.2, 0.25) is 5.02 Å². The largest absolute Gasteiger partial charge is 0.298 e. The van der Waals surface area contributed by atoms with Crippen LogP contribution >= 0.6 is 20.8 Å². The number of hydrogen-bond acceptors (Lipinski definition) is 1. The SMILES string of the molecule is O=Cc1ccc(Cl)cc1P. The quantitative estimate of drug-likeness (QED) is 0.465. The maximum Gasteiger partial charge on any atom is 0.150 e. The molecule has 0 aliphatic carbocycles. The van der Waals surface area contributed by atoms with Crippen LogP contribution in [0.4, 0.5) is 0 Å². The highest BCUT2D eigenvalue weighted by Crippen LogP contribution is 2.08. The van der Waals surface area contributed by atoms with Crippen LogP contribution in [-0.2, 0) is 0 Å². The molecule has 1 nitrogen and oxygen atoms in total. The number of aldehydes is 1. The van der Waals surface area contributed by atoms with E-state index in [0.717, 1.165) is 11.6 Å². The van der Waals surface area contributed by atoms with E-state index in [1.165, 1.54) is 0 Å². The second-order valence-electron chi connectivity index (χ2n) is 1.89. The summed E-state index contributed by atoms with van der Waals surface area (Å²) in [5.74, 6) is 0. The zero-order valence-electron chi connectivity index (χ0n) is 5.17. The number of carbonyl (C=O) groups excluding carboxylic acids is 1. The van der Waals surface area contributed by atoms with Crippen molar-refractivity contribution in [2.45, 2.75) is 0 Å². The van der Waals surface area contributed by atoms with Gasteiger partial charge in [-0.25, -0.2) is 0 Å². The first-order valence-corrected chi connectivity index (χ1v) is 3.70. The Morgan fingerprint density at radius 2 is 2.20 bits per heavy atom. The predicted octanol–water partition coefficient (Wildman–Crippen LogP) is 1.65. The molecule has 0 aliphatic rings. The van der Waals surface area contributed by atoms with Crippen molar-refractivity contribution < 1.29 is 4.79 Å². The van der Waals surface area contributed by atoms with Crippen LogP contribution in [0.5, 0.6) is 0 Å². The molecule has 0 N–H and O–H groups in total. The minimum Gasteiger partial charge on any atom is -0.298 e. The maximum atomic E-state index is 10.3. The first-order chi connectivity index (χ1) is 4.74. The normalized spacial score (nSPS) is 9.40. The average Bonchev–Trinajstić information content (AvgIpc) is 1.88.